The van der Waals surface area contributed by atoms with Gasteiger partial charge in [0, 0.05) is 17.3 Å². The summed E-state index contributed by atoms with van der Waals surface area (Å²) in [4.78, 5) is 25.3. The molecular formula is C27H25ClF3N5O4S2. The first-order valence-electron chi connectivity index (χ1n) is 12.2. The molecule has 0 spiro atoms. The van der Waals surface area contributed by atoms with Crippen molar-refractivity contribution in [1.29, 1.82) is 0 Å². The van der Waals surface area contributed by atoms with Crippen LogP contribution < -0.4 is 4.72 Å². The minimum atomic E-state index is -4.89. The molecule has 0 bridgehead atoms. The summed E-state index contributed by atoms with van der Waals surface area (Å²) in [6.07, 6.45) is 0.167. The smallest absolute Gasteiger partial charge is 0.408 e. The minimum Gasteiger partial charge on any atom is -0.465 e. The van der Waals surface area contributed by atoms with Crippen LogP contribution in [0.1, 0.15) is 39.6 Å². The van der Waals surface area contributed by atoms with Gasteiger partial charge in [0.1, 0.15) is 16.6 Å². The van der Waals surface area contributed by atoms with E-state index in [0.717, 1.165) is 35.6 Å². The molecule has 9 nitrogen and oxygen atoms in total. The third-order valence-electron chi connectivity index (χ3n) is 6.12. The molecule has 2 aromatic heterocycles. The lowest BCUT2D eigenvalue weighted by molar-refractivity contribution is 0.0313. The highest BCUT2D eigenvalue weighted by Crippen LogP contribution is 2.44. The maximum atomic E-state index is 16.0. The zero-order valence-corrected chi connectivity index (χ0v) is 25.3. The highest BCUT2D eigenvalue weighted by Gasteiger charge is 2.43. The van der Waals surface area contributed by atoms with Crippen LogP contribution in [0.5, 0.6) is 0 Å². The highest BCUT2D eigenvalue weighted by molar-refractivity contribution is 7.92. The normalized spacial score (nSPS) is 12.3. The number of hydrogen-bond donors (Lipinski definition) is 2. The van der Waals surface area contributed by atoms with E-state index >= 15 is 4.39 Å². The molecule has 0 aliphatic carbocycles. The number of aromatic nitrogens is 3. The van der Waals surface area contributed by atoms with Crippen LogP contribution in [0.2, 0.25) is 5.28 Å². The predicted octanol–water partition coefficient (Wildman–Crippen LogP) is 7.15. The van der Waals surface area contributed by atoms with Gasteiger partial charge in [-0.15, -0.1) is 11.3 Å². The van der Waals surface area contributed by atoms with Gasteiger partial charge in [-0.2, -0.15) is 0 Å². The van der Waals surface area contributed by atoms with E-state index < -0.39 is 55.2 Å². The number of amides is 1. The van der Waals surface area contributed by atoms with Crippen LogP contribution in [0.15, 0.2) is 53.6 Å². The SMILES string of the molecule is CC(C)(C)N(C(=O)O)C(C)(C)c1nc(-c2cccc(NS(=O)(=O)c3c(F)cccc3F)c2F)c(-c2ccnc(Cl)n2)s1. The van der Waals surface area contributed by atoms with E-state index in [1.807, 2.05) is 4.72 Å². The zero-order valence-electron chi connectivity index (χ0n) is 22.9. The third kappa shape index (κ3) is 5.92. The molecular weight excluding hydrogens is 615 g/mol. The maximum Gasteiger partial charge on any atom is 0.408 e. The molecule has 2 N–H and O–H groups in total. The van der Waals surface area contributed by atoms with Gasteiger partial charge in [-0.3, -0.25) is 9.62 Å². The Balaban J connectivity index is 1.91. The number of carbonyl (C=O) groups is 1. The van der Waals surface area contributed by atoms with Crippen molar-refractivity contribution in [2.45, 2.75) is 50.6 Å². The Morgan fingerprint density at radius 1 is 1.00 bits per heavy atom. The largest absolute Gasteiger partial charge is 0.465 e. The summed E-state index contributed by atoms with van der Waals surface area (Å²) < 4.78 is 72.2. The molecule has 0 radical (unpaired) electrons. The van der Waals surface area contributed by atoms with Crippen molar-refractivity contribution in [3.63, 3.8) is 0 Å². The number of nitrogens with zero attached hydrogens (tertiary/aromatic N) is 4. The molecule has 15 heteroatoms. The van der Waals surface area contributed by atoms with Crippen LogP contribution in [0.25, 0.3) is 21.8 Å². The first-order valence-corrected chi connectivity index (χ1v) is 14.9. The summed E-state index contributed by atoms with van der Waals surface area (Å²) >= 11 is 7.06. The molecule has 0 saturated carbocycles. The number of benzene rings is 2. The van der Waals surface area contributed by atoms with E-state index in [2.05, 4.69) is 15.0 Å². The Kier molecular flexibility index (Phi) is 8.28. The van der Waals surface area contributed by atoms with Gasteiger partial charge in [0.05, 0.1) is 27.5 Å². The van der Waals surface area contributed by atoms with Gasteiger partial charge < -0.3 is 5.11 Å². The van der Waals surface area contributed by atoms with Crippen molar-refractivity contribution in [2.24, 2.45) is 0 Å². The third-order valence-corrected chi connectivity index (χ3v) is 9.11. The monoisotopic (exact) mass is 639 g/mol. The van der Waals surface area contributed by atoms with E-state index in [4.69, 9.17) is 11.6 Å². The van der Waals surface area contributed by atoms with Crippen LogP contribution in [-0.2, 0) is 15.6 Å². The summed E-state index contributed by atoms with van der Waals surface area (Å²) in [5, 5.41) is 10.2. The number of anilines is 1. The van der Waals surface area contributed by atoms with E-state index in [1.165, 1.54) is 29.3 Å². The van der Waals surface area contributed by atoms with Gasteiger partial charge in [-0.25, -0.2) is 41.3 Å². The molecule has 222 valence electrons. The Labute approximate surface area is 249 Å². The second-order valence-corrected chi connectivity index (χ2v) is 13.5. The van der Waals surface area contributed by atoms with E-state index in [9.17, 15) is 27.1 Å². The van der Waals surface area contributed by atoms with Gasteiger partial charge >= 0.3 is 6.09 Å². The average molecular weight is 640 g/mol. The molecule has 0 atom stereocenters. The summed E-state index contributed by atoms with van der Waals surface area (Å²) in [7, 11) is -4.89. The molecule has 4 rings (SSSR count). The molecule has 0 fully saturated rings. The standard InChI is InChI=1S/C27H25ClF3N5O4S2/c1-26(2,3)36(25(37)38)27(4,5)23-34-20(21(41-23)18-12-13-32-24(28)33-18)14-8-6-11-17(19(14)31)35-42(39,40)22-15(29)9-7-10-16(22)30/h6-13,35H,1-5H3,(H,37,38). The summed E-state index contributed by atoms with van der Waals surface area (Å²) in [6.45, 7) is 8.45. The number of rotatable bonds is 7. The Bertz CT molecular complexity index is 1770. The lowest BCUT2D eigenvalue weighted by Crippen LogP contribution is -2.54. The topological polar surface area (TPSA) is 125 Å². The fourth-order valence-electron chi connectivity index (χ4n) is 4.59. The summed E-state index contributed by atoms with van der Waals surface area (Å²) in [6, 6.07) is 7.77. The molecule has 0 aliphatic rings. The number of halogens is 4. The van der Waals surface area contributed by atoms with Gasteiger partial charge in [-0.1, -0.05) is 12.1 Å². The molecule has 2 aromatic carbocycles. The van der Waals surface area contributed by atoms with Gasteiger partial charge in [0.2, 0.25) is 5.28 Å². The molecule has 1 amide bonds. The first kappa shape index (κ1) is 31.2. The Morgan fingerprint density at radius 2 is 1.62 bits per heavy atom. The molecule has 0 aliphatic heterocycles. The number of sulfonamides is 1. The lowest BCUT2D eigenvalue weighted by Gasteiger charge is -2.44. The zero-order chi connectivity index (χ0) is 31.2. The predicted molar refractivity (Wildman–Crippen MR) is 153 cm³/mol. The van der Waals surface area contributed by atoms with Crippen LogP contribution in [0.3, 0.4) is 0 Å². The minimum absolute atomic E-state index is 0.00714. The van der Waals surface area contributed by atoms with Crippen LogP contribution >= 0.6 is 22.9 Å². The highest BCUT2D eigenvalue weighted by atomic mass is 35.5. The van der Waals surface area contributed by atoms with E-state index in [0.29, 0.717) is 4.88 Å². The first-order chi connectivity index (χ1) is 19.4. The second-order valence-electron chi connectivity index (χ2n) is 10.6. The molecule has 2 heterocycles. The lowest BCUT2D eigenvalue weighted by atomic mass is 9.95. The molecule has 4 aromatic rings. The second kappa shape index (κ2) is 11.2. The molecule has 42 heavy (non-hydrogen) atoms. The summed E-state index contributed by atoms with van der Waals surface area (Å²) in [5.74, 6) is -3.80. The Morgan fingerprint density at radius 3 is 2.19 bits per heavy atom. The van der Waals surface area contributed by atoms with Gasteiger partial charge in [-0.05, 0) is 76.6 Å². The van der Waals surface area contributed by atoms with Crippen molar-refractivity contribution in [3.8, 4) is 21.8 Å². The molecule has 0 saturated heterocycles. The van der Waals surface area contributed by atoms with Crippen molar-refractivity contribution in [1.82, 2.24) is 19.9 Å². The number of nitrogens with one attached hydrogen (secondary N) is 1. The van der Waals surface area contributed by atoms with E-state index in [-0.39, 0.29) is 27.2 Å². The fraction of sp³-hybridized carbons (Fsp3) is 0.259. The summed E-state index contributed by atoms with van der Waals surface area (Å²) in [5.41, 5.74) is -2.61. The van der Waals surface area contributed by atoms with Crippen LogP contribution in [0, 0.1) is 17.5 Å². The average Bonchev–Trinajstić information content (AvgIpc) is 3.30. The van der Waals surface area contributed by atoms with Crippen molar-refractivity contribution < 1.29 is 31.5 Å². The van der Waals surface area contributed by atoms with Crippen molar-refractivity contribution in [2.75, 3.05) is 4.72 Å². The molecule has 0 unspecified atom stereocenters. The number of carboxylic acid groups (broad SMARTS) is 1. The van der Waals surface area contributed by atoms with Gasteiger partial charge in [0.25, 0.3) is 10.0 Å². The van der Waals surface area contributed by atoms with E-state index in [1.54, 1.807) is 34.6 Å². The van der Waals surface area contributed by atoms with Crippen molar-refractivity contribution in [3.05, 3.63) is 76.4 Å². The van der Waals surface area contributed by atoms with Crippen molar-refractivity contribution >= 4 is 44.7 Å². The quantitative estimate of drug-likeness (QED) is 0.206. The number of thiazole rings is 1. The number of hydrogen-bond acceptors (Lipinski definition) is 7. The Hall–Kier alpha value is -3.75. The van der Waals surface area contributed by atoms with Crippen LogP contribution in [0.4, 0.5) is 23.7 Å². The fourth-order valence-corrected chi connectivity index (χ4v) is 7.08. The maximum absolute atomic E-state index is 16.0. The van der Waals surface area contributed by atoms with Crippen LogP contribution in [-0.4, -0.2) is 45.0 Å². The van der Waals surface area contributed by atoms with Gasteiger partial charge in [0.15, 0.2) is 10.7 Å².